The Balaban J connectivity index is 2.37. The predicted octanol–water partition coefficient (Wildman–Crippen LogP) is 0.471. The summed E-state index contributed by atoms with van der Waals surface area (Å²) in [6.07, 6.45) is 0. The number of ether oxygens (including phenoxy) is 1. The van der Waals surface area contributed by atoms with Crippen molar-refractivity contribution in [3.8, 4) is 0 Å². The highest BCUT2D eigenvalue weighted by Crippen LogP contribution is 2.14. The molecular formula is C10H15N3O2. The molecule has 5 heteroatoms. The second-order valence-corrected chi connectivity index (χ2v) is 3.51. The second kappa shape index (κ2) is 4.02. The summed E-state index contributed by atoms with van der Waals surface area (Å²) in [5.41, 5.74) is 1.36. The van der Waals surface area contributed by atoms with Crippen LogP contribution in [0.4, 0.5) is 0 Å². The van der Waals surface area contributed by atoms with Crippen LogP contribution in [0.5, 0.6) is 0 Å². The van der Waals surface area contributed by atoms with Crippen LogP contribution in [0.15, 0.2) is 0 Å². The molecular weight excluding hydrogens is 194 g/mol. The zero-order chi connectivity index (χ0) is 10.8. The van der Waals surface area contributed by atoms with E-state index in [0.29, 0.717) is 12.3 Å². The number of esters is 1. The molecule has 1 aliphatic heterocycles. The molecule has 2 rings (SSSR count). The fraction of sp³-hybridized carbons (Fsp3) is 0.600. The number of aromatic nitrogens is 2. The third-order valence-electron chi connectivity index (χ3n) is 2.49. The quantitative estimate of drug-likeness (QED) is 0.719. The fourth-order valence-electron chi connectivity index (χ4n) is 1.86. The molecule has 0 bridgehead atoms. The van der Waals surface area contributed by atoms with E-state index in [2.05, 4.69) is 10.3 Å². The van der Waals surface area contributed by atoms with E-state index in [9.17, 15) is 4.79 Å². The van der Waals surface area contributed by atoms with Gasteiger partial charge in [0.25, 0.3) is 0 Å². The van der Waals surface area contributed by atoms with Crippen molar-refractivity contribution in [2.75, 3.05) is 13.2 Å². The van der Waals surface area contributed by atoms with E-state index in [1.807, 2.05) is 18.4 Å². The van der Waals surface area contributed by atoms with Gasteiger partial charge in [-0.15, -0.1) is 0 Å². The zero-order valence-electron chi connectivity index (χ0n) is 9.04. The van der Waals surface area contributed by atoms with Gasteiger partial charge in [-0.3, -0.25) is 0 Å². The minimum atomic E-state index is -0.268. The summed E-state index contributed by atoms with van der Waals surface area (Å²) in [4.78, 5) is 16.0. The van der Waals surface area contributed by atoms with Crippen molar-refractivity contribution in [1.29, 1.82) is 0 Å². The van der Waals surface area contributed by atoms with Gasteiger partial charge >= 0.3 is 5.97 Å². The number of nitrogens with zero attached hydrogens (tertiary/aromatic N) is 2. The molecule has 1 aromatic heterocycles. The minimum Gasteiger partial charge on any atom is -0.461 e. The van der Waals surface area contributed by atoms with Crippen LogP contribution in [0, 0.1) is 6.92 Å². The van der Waals surface area contributed by atoms with Crippen LogP contribution in [0.3, 0.4) is 0 Å². The lowest BCUT2D eigenvalue weighted by atomic mass is 10.3. The van der Waals surface area contributed by atoms with Crippen LogP contribution in [0.2, 0.25) is 0 Å². The molecule has 2 heterocycles. The summed E-state index contributed by atoms with van der Waals surface area (Å²) in [6, 6.07) is 0. The maximum Gasteiger partial charge on any atom is 0.356 e. The standard InChI is InChI=1S/C10H15N3O2/c1-3-15-10(14)9-7(2)12-8-6-11-4-5-13(8)9/h11H,3-6H2,1-2H3. The zero-order valence-corrected chi connectivity index (χ0v) is 9.04. The topological polar surface area (TPSA) is 56.1 Å². The molecule has 0 saturated heterocycles. The molecule has 1 aromatic rings. The molecule has 0 aliphatic carbocycles. The summed E-state index contributed by atoms with van der Waals surface area (Å²) < 4.78 is 6.96. The Kier molecular flexibility index (Phi) is 2.73. The van der Waals surface area contributed by atoms with Gasteiger partial charge in [-0.1, -0.05) is 0 Å². The average Bonchev–Trinajstić information content (AvgIpc) is 2.54. The van der Waals surface area contributed by atoms with E-state index < -0.39 is 0 Å². The monoisotopic (exact) mass is 209 g/mol. The normalized spacial score (nSPS) is 14.8. The molecule has 82 valence electrons. The molecule has 0 saturated carbocycles. The average molecular weight is 209 g/mol. The van der Waals surface area contributed by atoms with Gasteiger partial charge in [-0.05, 0) is 13.8 Å². The van der Waals surface area contributed by atoms with Gasteiger partial charge in [-0.25, -0.2) is 9.78 Å². The third-order valence-corrected chi connectivity index (χ3v) is 2.49. The van der Waals surface area contributed by atoms with E-state index in [1.54, 1.807) is 0 Å². The maximum atomic E-state index is 11.7. The molecule has 0 aromatic carbocycles. The number of rotatable bonds is 2. The van der Waals surface area contributed by atoms with Gasteiger partial charge in [0.15, 0.2) is 5.69 Å². The van der Waals surface area contributed by atoms with E-state index >= 15 is 0 Å². The number of aryl methyl sites for hydroxylation is 1. The van der Waals surface area contributed by atoms with Crippen LogP contribution in [-0.2, 0) is 17.8 Å². The van der Waals surface area contributed by atoms with Crippen molar-refractivity contribution in [1.82, 2.24) is 14.9 Å². The van der Waals surface area contributed by atoms with Gasteiger partial charge in [-0.2, -0.15) is 0 Å². The molecule has 0 radical (unpaired) electrons. The number of hydrogen-bond acceptors (Lipinski definition) is 4. The smallest absolute Gasteiger partial charge is 0.356 e. The number of imidazole rings is 1. The Bertz CT molecular complexity index is 384. The van der Waals surface area contributed by atoms with Crippen molar-refractivity contribution >= 4 is 5.97 Å². The molecule has 0 spiro atoms. The minimum absolute atomic E-state index is 0.268. The summed E-state index contributed by atoms with van der Waals surface area (Å²) >= 11 is 0. The number of nitrogens with one attached hydrogen (secondary N) is 1. The van der Waals surface area contributed by atoms with E-state index in [1.165, 1.54) is 0 Å². The number of hydrogen-bond donors (Lipinski definition) is 1. The van der Waals surface area contributed by atoms with E-state index in [4.69, 9.17) is 4.74 Å². The van der Waals surface area contributed by atoms with Crippen LogP contribution < -0.4 is 5.32 Å². The molecule has 15 heavy (non-hydrogen) atoms. The number of carbonyl (C=O) groups is 1. The SMILES string of the molecule is CCOC(=O)c1c(C)nc2n1CCNC2. The van der Waals surface area contributed by atoms with E-state index in [-0.39, 0.29) is 5.97 Å². The maximum absolute atomic E-state index is 11.7. The second-order valence-electron chi connectivity index (χ2n) is 3.51. The molecule has 1 aliphatic rings. The van der Waals surface area contributed by atoms with Crippen molar-refractivity contribution in [2.24, 2.45) is 0 Å². The Labute approximate surface area is 88.4 Å². The summed E-state index contributed by atoms with van der Waals surface area (Å²) in [6.45, 7) is 6.43. The van der Waals surface area contributed by atoms with Crippen LogP contribution in [-0.4, -0.2) is 28.7 Å². The number of fused-ring (bicyclic) bond motifs is 1. The molecule has 0 fully saturated rings. The lowest BCUT2D eigenvalue weighted by Gasteiger charge is -2.16. The third kappa shape index (κ3) is 1.74. The molecule has 1 N–H and O–H groups in total. The summed E-state index contributed by atoms with van der Waals surface area (Å²) in [5.74, 6) is 0.650. The van der Waals surface area contributed by atoms with Crippen LogP contribution in [0.25, 0.3) is 0 Å². The van der Waals surface area contributed by atoms with Gasteiger partial charge in [0.05, 0.1) is 18.8 Å². The Morgan fingerprint density at radius 2 is 2.47 bits per heavy atom. The van der Waals surface area contributed by atoms with Crippen molar-refractivity contribution in [2.45, 2.75) is 26.9 Å². The predicted molar refractivity (Wildman–Crippen MR) is 54.6 cm³/mol. The van der Waals surface area contributed by atoms with Crippen molar-refractivity contribution < 1.29 is 9.53 Å². The van der Waals surface area contributed by atoms with Gasteiger partial charge in [0, 0.05) is 13.1 Å². The largest absolute Gasteiger partial charge is 0.461 e. The van der Waals surface area contributed by atoms with Crippen molar-refractivity contribution in [3.05, 3.63) is 17.2 Å². The van der Waals surface area contributed by atoms with Crippen molar-refractivity contribution in [3.63, 3.8) is 0 Å². The molecule has 0 atom stereocenters. The highest BCUT2D eigenvalue weighted by molar-refractivity contribution is 5.89. The Hall–Kier alpha value is -1.36. The first kappa shape index (κ1) is 10.2. The van der Waals surface area contributed by atoms with Crippen LogP contribution in [0.1, 0.15) is 28.9 Å². The Morgan fingerprint density at radius 3 is 3.20 bits per heavy atom. The highest BCUT2D eigenvalue weighted by Gasteiger charge is 2.22. The van der Waals surface area contributed by atoms with Gasteiger partial charge in [0.2, 0.25) is 0 Å². The Morgan fingerprint density at radius 1 is 1.67 bits per heavy atom. The van der Waals surface area contributed by atoms with Crippen LogP contribution >= 0.6 is 0 Å². The fourth-order valence-corrected chi connectivity index (χ4v) is 1.86. The lowest BCUT2D eigenvalue weighted by Crippen LogP contribution is -2.30. The summed E-state index contributed by atoms with van der Waals surface area (Å²) in [5, 5.41) is 3.22. The molecule has 0 amide bonds. The highest BCUT2D eigenvalue weighted by atomic mass is 16.5. The van der Waals surface area contributed by atoms with Gasteiger partial charge < -0.3 is 14.6 Å². The number of carbonyl (C=O) groups excluding carboxylic acids is 1. The molecule has 5 nitrogen and oxygen atoms in total. The first-order chi connectivity index (χ1) is 7.24. The summed E-state index contributed by atoms with van der Waals surface area (Å²) in [7, 11) is 0. The lowest BCUT2D eigenvalue weighted by molar-refractivity contribution is 0.0511. The first-order valence-electron chi connectivity index (χ1n) is 5.18. The molecule has 0 unspecified atom stereocenters. The van der Waals surface area contributed by atoms with Gasteiger partial charge in [0.1, 0.15) is 5.82 Å². The first-order valence-corrected chi connectivity index (χ1v) is 5.18. The van der Waals surface area contributed by atoms with E-state index in [0.717, 1.165) is 31.2 Å².